The normalized spacial score (nSPS) is 24.7. The van der Waals surface area contributed by atoms with Crippen LogP contribution in [0.4, 0.5) is 0 Å². The first-order valence-corrected chi connectivity index (χ1v) is 12.0. The van der Waals surface area contributed by atoms with Gasteiger partial charge in [-0.15, -0.1) is 0 Å². The molecule has 0 spiro atoms. The summed E-state index contributed by atoms with van der Waals surface area (Å²) in [5.74, 6) is 1.48. The first kappa shape index (κ1) is 14.0. The van der Waals surface area contributed by atoms with E-state index < -0.39 is 8.07 Å². The molecule has 0 aromatic heterocycles. The zero-order chi connectivity index (χ0) is 13.3. The molecule has 3 heteroatoms. The van der Waals surface area contributed by atoms with Gasteiger partial charge in [-0.2, -0.15) is 0 Å². The molecule has 1 aromatic carbocycles. The van der Waals surface area contributed by atoms with Crippen molar-refractivity contribution in [2.45, 2.75) is 37.4 Å². The molecule has 0 bridgehead atoms. The summed E-state index contributed by atoms with van der Waals surface area (Å²) < 4.78 is 2.30. The van der Waals surface area contributed by atoms with Crippen molar-refractivity contribution in [3.63, 3.8) is 0 Å². The summed E-state index contributed by atoms with van der Waals surface area (Å²) in [6, 6.07) is 10.8. The minimum absolute atomic E-state index is 0.382. The molecule has 0 radical (unpaired) electrons. The van der Waals surface area contributed by atoms with E-state index in [1.807, 2.05) is 0 Å². The Bertz CT molecular complexity index is 424. The molecule has 1 saturated carbocycles. The molecule has 1 aliphatic rings. The van der Waals surface area contributed by atoms with E-state index in [-0.39, 0.29) is 0 Å². The number of rotatable bonds is 5. The monoisotopic (exact) mass is 326 g/mol. The zero-order valence-electron chi connectivity index (χ0n) is 11.6. The van der Waals surface area contributed by atoms with Gasteiger partial charge in [-0.3, -0.25) is 0 Å². The molecule has 0 N–H and O–H groups in total. The first-order chi connectivity index (χ1) is 8.39. The Morgan fingerprint density at radius 1 is 1.28 bits per heavy atom. The summed E-state index contributed by atoms with van der Waals surface area (Å²) in [6.07, 6.45) is 1.15. The van der Waals surface area contributed by atoms with Crippen molar-refractivity contribution in [1.82, 2.24) is 0 Å². The third-order valence-corrected chi connectivity index (χ3v) is 13.2. The molecule has 1 fully saturated rings. The van der Waals surface area contributed by atoms with Crippen LogP contribution in [0.25, 0.3) is 0 Å². The van der Waals surface area contributed by atoms with Crippen molar-refractivity contribution in [3.05, 3.63) is 30.3 Å². The Labute approximate surface area is 118 Å². The first-order valence-electron chi connectivity index (χ1n) is 6.62. The Hall–Kier alpha value is -0.374. The molecule has 3 atom stereocenters. The summed E-state index contributed by atoms with van der Waals surface area (Å²) >= 11 is 0.528. The number of hydrogen-bond acceptors (Lipinski definition) is 1. The molecule has 1 nitrogen and oxygen atoms in total. The predicted molar refractivity (Wildman–Crippen MR) is 81.2 cm³/mol. The van der Waals surface area contributed by atoms with Crippen molar-refractivity contribution in [2.24, 2.45) is 11.8 Å². The molecule has 0 saturated heterocycles. The molecule has 0 amide bonds. The molecular formula is C15H22OSeSi. The van der Waals surface area contributed by atoms with E-state index in [1.54, 1.807) is 6.92 Å². The van der Waals surface area contributed by atoms with Gasteiger partial charge < -0.3 is 0 Å². The topological polar surface area (TPSA) is 17.1 Å². The second-order valence-electron chi connectivity index (χ2n) is 6.33. The zero-order valence-corrected chi connectivity index (χ0v) is 14.4. The quantitative estimate of drug-likeness (QED) is 0.761. The summed E-state index contributed by atoms with van der Waals surface area (Å²) in [6.45, 7) is 9.13. The van der Waals surface area contributed by atoms with Crippen LogP contribution in [0, 0.1) is 11.8 Å². The Balaban J connectivity index is 2.11. The summed E-state index contributed by atoms with van der Waals surface area (Å²) in [5, 5.41) is 0. The van der Waals surface area contributed by atoms with Gasteiger partial charge in [0.25, 0.3) is 0 Å². The summed E-state index contributed by atoms with van der Waals surface area (Å²) in [5.41, 5.74) is 0. The molecule has 0 heterocycles. The van der Waals surface area contributed by atoms with Crippen LogP contribution in [0.1, 0.15) is 13.3 Å². The van der Waals surface area contributed by atoms with Crippen LogP contribution in [0.15, 0.2) is 30.3 Å². The fraction of sp³-hybridized carbons (Fsp3) is 0.533. The number of ketones is 1. The van der Waals surface area contributed by atoms with Gasteiger partial charge in [0.05, 0.1) is 0 Å². The average Bonchev–Trinajstić information content (AvgIpc) is 3.05. The van der Waals surface area contributed by atoms with Gasteiger partial charge in [0, 0.05) is 0 Å². The molecule has 0 aliphatic heterocycles. The van der Waals surface area contributed by atoms with Gasteiger partial charge >= 0.3 is 118 Å². The predicted octanol–water partition coefficient (Wildman–Crippen LogP) is 2.91. The summed E-state index contributed by atoms with van der Waals surface area (Å²) in [4.78, 5) is 11.5. The van der Waals surface area contributed by atoms with E-state index in [0.717, 1.165) is 10.9 Å². The molecule has 1 aromatic rings. The van der Waals surface area contributed by atoms with Gasteiger partial charge in [-0.1, -0.05) is 0 Å². The van der Waals surface area contributed by atoms with Crippen LogP contribution >= 0.6 is 0 Å². The maximum absolute atomic E-state index is 11.5. The van der Waals surface area contributed by atoms with Crippen LogP contribution in [0.3, 0.4) is 0 Å². The van der Waals surface area contributed by atoms with Crippen LogP contribution in [-0.4, -0.2) is 28.8 Å². The van der Waals surface area contributed by atoms with Crippen molar-refractivity contribution in [3.8, 4) is 0 Å². The van der Waals surface area contributed by atoms with Gasteiger partial charge in [0.15, 0.2) is 0 Å². The van der Waals surface area contributed by atoms with Gasteiger partial charge in [-0.05, 0) is 0 Å². The molecule has 18 heavy (non-hydrogen) atoms. The number of benzene rings is 1. The van der Waals surface area contributed by atoms with Crippen LogP contribution in [0.2, 0.25) is 24.1 Å². The van der Waals surface area contributed by atoms with E-state index >= 15 is 0 Å². The van der Waals surface area contributed by atoms with Crippen molar-refractivity contribution >= 4 is 33.3 Å². The third kappa shape index (κ3) is 3.34. The van der Waals surface area contributed by atoms with E-state index in [1.165, 1.54) is 4.46 Å². The van der Waals surface area contributed by atoms with Crippen molar-refractivity contribution in [2.75, 3.05) is 0 Å². The molecule has 1 unspecified atom stereocenters. The van der Waals surface area contributed by atoms with Gasteiger partial charge in [0.2, 0.25) is 0 Å². The number of carbonyl (C=O) groups is 1. The Kier molecular flexibility index (Phi) is 4.15. The van der Waals surface area contributed by atoms with Crippen LogP contribution < -0.4 is 4.46 Å². The molecule has 98 valence electrons. The second-order valence-corrected chi connectivity index (χ2v) is 15.2. The van der Waals surface area contributed by atoms with Gasteiger partial charge in [0.1, 0.15) is 0 Å². The van der Waals surface area contributed by atoms with E-state index in [0.29, 0.717) is 32.6 Å². The van der Waals surface area contributed by atoms with E-state index in [2.05, 4.69) is 50.0 Å². The number of hydrogen-bond donors (Lipinski definition) is 0. The number of Topliss-reactive ketones (excluding diaryl/α,β-unsaturated/α-hetero) is 1. The Morgan fingerprint density at radius 2 is 1.89 bits per heavy atom. The minimum atomic E-state index is -1.18. The number of carbonyl (C=O) groups excluding carboxylic acids is 1. The molecule has 2 rings (SSSR count). The Morgan fingerprint density at radius 3 is 2.33 bits per heavy atom. The van der Waals surface area contributed by atoms with E-state index in [9.17, 15) is 4.79 Å². The second kappa shape index (κ2) is 5.32. The van der Waals surface area contributed by atoms with Crippen molar-refractivity contribution < 1.29 is 4.79 Å². The van der Waals surface area contributed by atoms with Crippen LogP contribution in [-0.2, 0) is 4.79 Å². The molecular weight excluding hydrogens is 303 g/mol. The summed E-state index contributed by atoms with van der Waals surface area (Å²) in [7, 11) is -1.18. The fourth-order valence-electron chi connectivity index (χ4n) is 2.57. The van der Waals surface area contributed by atoms with E-state index in [4.69, 9.17) is 0 Å². The SMILES string of the molecule is CC(=O)[C@H]1C[C@H]1C([Se]c1ccccc1)[Si](C)(C)C. The fourth-order valence-corrected chi connectivity index (χ4v) is 9.78. The maximum atomic E-state index is 11.5. The van der Waals surface area contributed by atoms with Gasteiger partial charge in [-0.25, -0.2) is 0 Å². The van der Waals surface area contributed by atoms with Crippen molar-refractivity contribution in [1.29, 1.82) is 0 Å². The average molecular weight is 325 g/mol. The standard InChI is InChI=1S/C15H22OSeSi/c1-11(16)13-10-14(13)15(18(2,3)4)17-12-8-6-5-7-9-12/h5-9,13-15H,10H2,1-4H3/t13-,14-,15?/m1/s1. The third-order valence-electron chi connectivity index (χ3n) is 3.61. The van der Waals surface area contributed by atoms with Crippen LogP contribution in [0.5, 0.6) is 0 Å². The molecule has 1 aliphatic carbocycles.